The molecule has 1 aromatic carbocycles. The Bertz CT molecular complexity index is 311. The van der Waals surface area contributed by atoms with Gasteiger partial charge in [-0.1, -0.05) is 18.2 Å². The average Bonchev–Trinajstić information content (AvgIpc) is 2.19. The van der Waals surface area contributed by atoms with Gasteiger partial charge >= 0.3 is 0 Å². The lowest BCUT2D eigenvalue weighted by Crippen LogP contribution is -2.39. The lowest BCUT2D eigenvalue weighted by Gasteiger charge is -2.27. The van der Waals surface area contributed by atoms with Gasteiger partial charge in [0, 0.05) is 19.7 Å². The fourth-order valence-electron chi connectivity index (χ4n) is 1.65. The molecule has 0 spiro atoms. The third-order valence-corrected chi connectivity index (χ3v) is 2.22. The van der Waals surface area contributed by atoms with Crippen LogP contribution in [-0.4, -0.2) is 25.7 Å². The molecule has 0 saturated carbocycles. The van der Waals surface area contributed by atoms with E-state index in [0.29, 0.717) is 6.61 Å². The molecule has 0 radical (unpaired) electrons. The zero-order valence-electron chi connectivity index (χ0n) is 9.43. The Labute approximate surface area is 90.7 Å². The molecule has 1 rings (SSSR count). The van der Waals surface area contributed by atoms with Crippen LogP contribution in [0.3, 0.4) is 0 Å². The number of carbonyl (C=O) groups is 1. The zero-order chi connectivity index (χ0) is 11.3. The molecule has 0 N–H and O–H groups in total. The first-order valence-electron chi connectivity index (χ1n) is 5.00. The van der Waals surface area contributed by atoms with Gasteiger partial charge in [0.05, 0.1) is 12.6 Å². The van der Waals surface area contributed by atoms with Gasteiger partial charge in [0.1, 0.15) is 0 Å². The molecule has 0 fully saturated rings. The number of carbonyl (C=O) groups excluding carboxylic acids is 1. The minimum absolute atomic E-state index is 0.0331. The highest BCUT2D eigenvalue weighted by atomic mass is 16.5. The van der Waals surface area contributed by atoms with E-state index in [0.717, 1.165) is 5.69 Å². The standard InChI is InChI=1S/C12H17NO2/c1-10(9-15-3)13(11(2)14)12-7-5-4-6-8-12/h4-8,10H,9H2,1-3H3. The largest absolute Gasteiger partial charge is 0.383 e. The molecule has 3 heteroatoms. The van der Waals surface area contributed by atoms with E-state index in [-0.39, 0.29) is 11.9 Å². The van der Waals surface area contributed by atoms with Crippen molar-refractivity contribution in [2.24, 2.45) is 0 Å². The van der Waals surface area contributed by atoms with E-state index in [2.05, 4.69) is 0 Å². The molecular formula is C12H17NO2. The molecule has 0 bridgehead atoms. The number of para-hydroxylation sites is 1. The minimum Gasteiger partial charge on any atom is -0.383 e. The van der Waals surface area contributed by atoms with Crippen molar-refractivity contribution in [1.29, 1.82) is 0 Å². The van der Waals surface area contributed by atoms with Gasteiger partial charge in [-0.3, -0.25) is 4.79 Å². The van der Waals surface area contributed by atoms with E-state index in [9.17, 15) is 4.79 Å². The van der Waals surface area contributed by atoms with Crippen LogP contribution in [0.5, 0.6) is 0 Å². The SMILES string of the molecule is COCC(C)N(C(C)=O)c1ccccc1. The molecule has 1 amide bonds. The molecule has 0 aliphatic rings. The van der Waals surface area contributed by atoms with Crippen molar-refractivity contribution in [3.8, 4) is 0 Å². The monoisotopic (exact) mass is 207 g/mol. The van der Waals surface area contributed by atoms with Crippen molar-refractivity contribution in [3.63, 3.8) is 0 Å². The number of hydrogen-bond donors (Lipinski definition) is 0. The minimum atomic E-state index is 0.0331. The third kappa shape index (κ3) is 3.06. The summed E-state index contributed by atoms with van der Waals surface area (Å²) >= 11 is 0. The molecule has 15 heavy (non-hydrogen) atoms. The molecule has 82 valence electrons. The van der Waals surface area contributed by atoms with Crippen LogP contribution in [0.1, 0.15) is 13.8 Å². The first-order chi connectivity index (χ1) is 7.16. The number of hydrogen-bond acceptors (Lipinski definition) is 2. The Balaban J connectivity index is 2.88. The van der Waals surface area contributed by atoms with E-state index >= 15 is 0 Å². The summed E-state index contributed by atoms with van der Waals surface area (Å²) in [7, 11) is 1.64. The van der Waals surface area contributed by atoms with Crippen molar-refractivity contribution < 1.29 is 9.53 Å². The summed E-state index contributed by atoms with van der Waals surface area (Å²) in [6, 6.07) is 9.68. The van der Waals surface area contributed by atoms with E-state index < -0.39 is 0 Å². The van der Waals surface area contributed by atoms with Crippen LogP contribution in [0.4, 0.5) is 5.69 Å². The lowest BCUT2D eigenvalue weighted by atomic mass is 10.2. The quantitative estimate of drug-likeness (QED) is 0.756. The second-order valence-electron chi connectivity index (χ2n) is 3.53. The maximum atomic E-state index is 11.5. The summed E-state index contributed by atoms with van der Waals surface area (Å²) in [4.78, 5) is 13.3. The summed E-state index contributed by atoms with van der Waals surface area (Å²) in [5.41, 5.74) is 0.912. The first-order valence-corrected chi connectivity index (χ1v) is 5.00. The second-order valence-corrected chi connectivity index (χ2v) is 3.53. The van der Waals surface area contributed by atoms with Crippen LogP contribution in [0, 0.1) is 0 Å². The molecule has 0 saturated heterocycles. The Morgan fingerprint density at radius 1 is 1.40 bits per heavy atom. The molecule has 1 atom stereocenters. The maximum absolute atomic E-state index is 11.5. The number of ether oxygens (including phenoxy) is 1. The highest BCUT2D eigenvalue weighted by molar-refractivity contribution is 5.92. The summed E-state index contributed by atoms with van der Waals surface area (Å²) in [6.45, 7) is 4.07. The molecule has 0 aromatic heterocycles. The van der Waals surface area contributed by atoms with E-state index in [1.165, 1.54) is 0 Å². The van der Waals surface area contributed by atoms with Crippen LogP contribution < -0.4 is 4.90 Å². The maximum Gasteiger partial charge on any atom is 0.224 e. The van der Waals surface area contributed by atoms with Crippen molar-refractivity contribution in [2.75, 3.05) is 18.6 Å². The van der Waals surface area contributed by atoms with Gasteiger partial charge in [0.15, 0.2) is 0 Å². The third-order valence-electron chi connectivity index (χ3n) is 2.22. The second kappa shape index (κ2) is 5.51. The predicted molar refractivity (Wildman–Crippen MR) is 60.9 cm³/mol. The van der Waals surface area contributed by atoms with Crippen molar-refractivity contribution in [3.05, 3.63) is 30.3 Å². The Morgan fingerprint density at radius 3 is 2.47 bits per heavy atom. The molecule has 1 aromatic rings. The van der Waals surface area contributed by atoms with Gasteiger partial charge in [-0.05, 0) is 19.1 Å². The Hall–Kier alpha value is -1.35. The van der Waals surface area contributed by atoms with E-state index in [4.69, 9.17) is 4.74 Å². The normalized spacial score (nSPS) is 12.2. The summed E-state index contributed by atoms with van der Waals surface area (Å²) in [6.07, 6.45) is 0. The van der Waals surface area contributed by atoms with Crippen LogP contribution in [0.15, 0.2) is 30.3 Å². The lowest BCUT2D eigenvalue weighted by molar-refractivity contribution is -0.117. The van der Waals surface area contributed by atoms with Gasteiger partial charge in [-0.25, -0.2) is 0 Å². The number of methoxy groups -OCH3 is 1. The number of amides is 1. The van der Waals surface area contributed by atoms with E-state index in [1.54, 1.807) is 18.9 Å². The number of rotatable bonds is 4. The summed E-state index contributed by atoms with van der Waals surface area (Å²) in [5, 5.41) is 0. The first kappa shape index (κ1) is 11.7. The molecule has 0 aliphatic heterocycles. The van der Waals surface area contributed by atoms with Gasteiger partial charge in [0.2, 0.25) is 5.91 Å². The number of anilines is 1. The summed E-state index contributed by atoms with van der Waals surface area (Å²) in [5.74, 6) is 0.0331. The van der Waals surface area contributed by atoms with Gasteiger partial charge in [-0.2, -0.15) is 0 Å². The number of nitrogens with zero attached hydrogens (tertiary/aromatic N) is 1. The molecule has 0 heterocycles. The fourth-order valence-corrected chi connectivity index (χ4v) is 1.65. The van der Waals surface area contributed by atoms with Crippen molar-refractivity contribution >= 4 is 11.6 Å². The highest BCUT2D eigenvalue weighted by Gasteiger charge is 2.17. The summed E-state index contributed by atoms with van der Waals surface area (Å²) < 4.78 is 5.06. The van der Waals surface area contributed by atoms with Gasteiger partial charge in [0.25, 0.3) is 0 Å². The average molecular weight is 207 g/mol. The smallest absolute Gasteiger partial charge is 0.224 e. The van der Waals surface area contributed by atoms with Crippen LogP contribution >= 0.6 is 0 Å². The number of benzene rings is 1. The van der Waals surface area contributed by atoms with Crippen LogP contribution in [0.2, 0.25) is 0 Å². The zero-order valence-corrected chi connectivity index (χ0v) is 9.43. The fraction of sp³-hybridized carbons (Fsp3) is 0.417. The topological polar surface area (TPSA) is 29.5 Å². The van der Waals surface area contributed by atoms with Gasteiger partial charge in [-0.15, -0.1) is 0 Å². The highest BCUT2D eigenvalue weighted by Crippen LogP contribution is 2.16. The van der Waals surface area contributed by atoms with Crippen LogP contribution in [0.25, 0.3) is 0 Å². The molecule has 0 aliphatic carbocycles. The van der Waals surface area contributed by atoms with E-state index in [1.807, 2.05) is 37.3 Å². The predicted octanol–water partition coefficient (Wildman–Crippen LogP) is 2.07. The Morgan fingerprint density at radius 2 is 2.00 bits per heavy atom. The van der Waals surface area contributed by atoms with Crippen molar-refractivity contribution in [2.45, 2.75) is 19.9 Å². The Kier molecular flexibility index (Phi) is 4.31. The van der Waals surface area contributed by atoms with Crippen molar-refractivity contribution in [1.82, 2.24) is 0 Å². The molecule has 1 unspecified atom stereocenters. The molecular weight excluding hydrogens is 190 g/mol. The molecule has 3 nitrogen and oxygen atoms in total. The van der Waals surface area contributed by atoms with Crippen LogP contribution in [-0.2, 0) is 9.53 Å². The van der Waals surface area contributed by atoms with Gasteiger partial charge < -0.3 is 9.64 Å².